The lowest BCUT2D eigenvalue weighted by atomic mass is 10.1. The highest BCUT2D eigenvalue weighted by molar-refractivity contribution is 5.51. The first kappa shape index (κ1) is 23.4. The summed E-state index contributed by atoms with van der Waals surface area (Å²) in [4.78, 5) is 5.03. The monoisotopic (exact) mass is 474 g/mol. The lowest BCUT2D eigenvalue weighted by Crippen LogP contribution is -2.47. The fraction of sp³-hybridized carbons (Fsp3) is 0.379. The van der Waals surface area contributed by atoms with Crippen molar-refractivity contribution in [2.75, 3.05) is 51.5 Å². The largest absolute Gasteiger partial charge is 0.497 e. The molecule has 0 aromatic heterocycles. The second kappa shape index (κ2) is 10.5. The van der Waals surface area contributed by atoms with Crippen molar-refractivity contribution in [3.63, 3.8) is 0 Å². The summed E-state index contributed by atoms with van der Waals surface area (Å²) >= 11 is 0. The van der Waals surface area contributed by atoms with E-state index in [2.05, 4.69) is 54.0 Å². The first-order chi connectivity index (χ1) is 17.1. The molecule has 1 saturated heterocycles. The zero-order chi connectivity index (χ0) is 24.2. The van der Waals surface area contributed by atoms with Crippen molar-refractivity contribution in [3.8, 4) is 23.0 Å². The zero-order valence-corrected chi connectivity index (χ0v) is 20.8. The van der Waals surface area contributed by atoms with Crippen molar-refractivity contribution < 1.29 is 18.9 Å². The third kappa shape index (κ3) is 5.49. The Kier molecular flexibility index (Phi) is 7.00. The predicted octanol–water partition coefficient (Wildman–Crippen LogP) is 5.37. The number of methoxy groups -OCH3 is 1. The topological polar surface area (TPSA) is 43.4 Å². The van der Waals surface area contributed by atoms with E-state index >= 15 is 0 Å². The number of ether oxygens (including phenoxy) is 4. The summed E-state index contributed by atoms with van der Waals surface area (Å²) in [6.07, 6.45) is 0.823. The average Bonchev–Trinajstić information content (AvgIpc) is 3.36. The molecule has 184 valence electrons. The van der Waals surface area contributed by atoms with E-state index in [1.165, 1.54) is 16.8 Å². The van der Waals surface area contributed by atoms with E-state index in [1.807, 2.05) is 30.3 Å². The molecular formula is C29H34N2O4. The molecule has 35 heavy (non-hydrogen) atoms. The van der Waals surface area contributed by atoms with E-state index in [9.17, 15) is 0 Å². The molecule has 2 aliphatic rings. The van der Waals surface area contributed by atoms with Crippen LogP contribution in [-0.4, -0.2) is 51.5 Å². The molecule has 6 nitrogen and oxygen atoms in total. The fourth-order valence-electron chi connectivity index (χ4n) is 4.68. The smallest absolute Gasteiger partial charge is 0.231 e. The van der Waals surface area contributed by atoms with Crippen molar-refractivity contribution in [2.45, 2.75) is 26.4 Å². The number of hydrogen-bond acceptors (Lipinski definition) is 6. The average molecular weight is 475 g/mol. The number of benzene rings is 3. The molecule has 2 heterocycles. The predicted molar refractivity (Wildman–Crippen MR) is 138 cm³/mol. The highest BCUT2D eigenvalue weighted by Crippen LogP contribution is 2.37. The number of hydrogen-bond donors (Lipinski definition) is 0. The quantitative estimate of drug-likeness (QED) is 0.437. The van der Waals surface area contributed by atoms with Gasteiger partial charge in [0.05, 0.1) is 7.11 Å². The van der Waals surface area contributed by atoms with Crippen molar-refractivity contribution in [3.05, 3.63) is 77.4 Å². The molecule has 1 fully saturated rings. The number of anilines is 1. The Morgan fingerprint density at radius 3 is 2.29 bits per heavy atom. The maximum Gasteiger partial charge on any atom is 0.231 e. The Hall–Kier alpha value is -3.38. The molecule has 0 aliphatic carbocycles. The van der Waals surface area contributed by atoms with Gasteiger partial charge in [-0.3, -0.25) is 4.90 Å². The molecule has 0 bridgehead atoms. The molecular weight excluding hydrogens is 440 g/mol. The second-order valence-corrected chi connectivity index (χ2v) is 9.28. The van der Waals surface area contributed by atoms with E-state index < -0.39 is 0 Å². The molecule has 3 aromatic rings. The Morgan fingerprint density at radius 2 is 1.54 bits per heavy atom. The van der Waals surface area contributed by atoms with Crippen LogP contribution in [0, 0.1) is 13.8 Å². The van der Waals surface area contributed by atoms with E-state index in [-0.39, 0.29) is 12.9 Å². The summed E-state index contributed by atoms with van der Waals surface area (Å²) in [5.41, 5.74) is 5.17. The number of fused-ring (bicyclic) bond motifs is 1. The molecule has 3 aromatic carbocycles. The summed E-state index contributed by atoms with van der Waals surface area (Å²) in [5, 5.41) is 0. The van der Waals surface area contributed by atoms with Crippen LogP contribution >= 0.6 is 0 Å². The van der Waals surface area contributed by atoms with E-state index in [1.54, 1.807) is 7.11 Å². The molecule has 2 aliphatic heterocycles. The first-order valence-corrected chi connectivity index (χ1v) is 12.3. The van der Waals surface area contributed by atoms with Gasteiger partial charge in [-0.1, -0.05) is 18.2 Å². The summed E-state index contributed by atoms with van der Waals surface area (Å²) in [6.45, 7) is 9.77. The maximum atomic E-state index is 6.49. The van der Waals surface area contributed by atoms with E-state index in [4.69, 9.17) is 18.9 Å². The Labute approximate surface area is 208 Å². The van der Waals surface area contributed by atoms with Gasteiger partial charge in [0.25, 0.3) is 0 Å². The van der Waals surface area contributed by atoms with E-state index in [0.717, 1.165) is 67.7 Å². The van der Waals surface area contributed by atoms with Crippen LogP contribution < -0.4 is 23.8 Å². The fourth-order valence-corrected chi connectivity index (χ4v) is 4.68. The first-order valence-electron chi connectivity index (χ1n) is 12.3. The van der Waals surface area contributed by atoms with E-state index in [0.29, 0.717) is 0 Å². The van der Waals surface area contributed by atoms with Gasteiger partial charge in [0.15, 0.2) is 11.5 Å². The highest BCUT2D eigenvalue weighted by Gasteiger charge is 2.22. The molecule has 5 rings (SSSR count). The van der Waals surface area contributed by atoms with Crippen LogP contribution in [0.2, 0.25) is 0 Å². The van der Waals surface area contributed by atoms with Gasteiger partial charge in [0.2, 0.25) is 6.79 Å². The van der Waals surface area contributed by atoms with Crippen LogP contribution in [0.5, 0.6) is 23.0 Å². The lowest BCUT2D eigenvalue weighted by Gasteiger charge is -2.37. The number of aryl methyl sites for hydroxylation is 2. The summed E-state index contributed by atoms with van der Waals surface area (Å²) in [7, 11) is 1.69. The summed E-state index contributed by atoms with van der Waals surface area (Å²) in [6, 6.07) is 20.7. The van der Waals surface area contributed by atoms with Gasteiger partial charge in [0.1, 0.15) is 17.6 Å². The Bertz CT molecular complexity index is 1140. The second-order valence-electron chi connectivity index (χ2n) is 9.28. The SMILES string of the molecule is COc1ccc(C(CCN2CCN(c3ccc(C)c(C)c3)CC2)Oc2ccc3c(c2)OCO3)cc1. The Morgan fingerprint density at radius 1 is 0.800 bits per heavy atom. The molecule has 0 radical (unpaired) electrons. The van der Waals surface area contributed by atoms with Crippen LogP contribution in [0.25, 0.3) is 0 Å². The van der Waals surface area contributed by atoms with Crippen molar-refractivity contribution in [1.29, 1.82) is 0 Å². The molecule has 0 spiro atoms. The van der Waals surface area contributed by atoms with Crippen LogP contribution in [0.15, 0.2) is 60.7 Å². The van der Waals surface area contributed by atoms with Gasteiger partial charge >= 0.3 is 0 Å². The lowest BCUT2D eigenvalue weighted by molar-refractivity contribution is 0.159. The maximum absolute atomic E-state index is 6.49. The van der Waals surface area contributed by atoms with Crippen molar-refractivity contribution >= 4 is 5.69 Å². The number of piperazine rings is 1. The van der Waals surface area contributed by atoms with Crippen LogP contribution in [-0.2, 0) is 0 Å². The van der Waals surface area contributed by atoms with Crippen molar-refractivity contribution in [2.24, 2.45) is 0 Å². The minimum absolute atomic E-state index is 0.0703. The molecule has 1 atom stereocenters. The number of nitrogens with zero attached hydrogens (tertiary/aromatic N) is 2. The van der Waals surface area contributed by atoms with Crippen molar-refractivity contribution in [1.82, 2.24) is 4.90 Å². The van der Waals surface area contributed by atoms with Gasteiger partial charge in [0, 0.05) is 50.9 Å². The minimum atomic E-state index is -0.0703. The number of rotatable bonds is 8. The van der Waals surface area contributed by atoms with Crippen LogP contribution in [0.4, 0.5) is 5.69 Å². The van der Waals surface area contributed by atoms with Crippen LogP contribution in [0.1, 0.15) is 29.2 Å². The summed E-state index contributed by atoms with van der Waals surface area (Å²) in [5.74, 6) is 3.13. The molecule has 6 heteroatoms. The van der Waals surface area contributed by atoms with Gasteiger partial charge in [-0.25, -0.2) is 0 Å². The molecule has 0 N–H and O–H groups in total. The van der Waals surface area contributed by atoms with Gasteiger partial charge in [-0.05, 0) is 66.9 Å². The normalized spacial score (nSPS) is 16.3. The standard InChI is InChI=1S/C29H34N2O4/c1-21-4-7-24(18-22(21)2)31-16-14-30(15-17-31)13-12-27(23-5-8-25(32-3)9-6-23)35-26-10-11-28-29(19-26)34-20-33-28/h4-11,18-19,27H,12-17,20H2,1-3H3. The van der Waals surface area contributed by atoms with Crippen LogP contribution in [0.3, 0.4) is 0 Å². The third-order valence-corrected chi connectivity index (χ3v) is 7.05. The third-order valence-electron chi connectivity index (χ3n) is 7.05. The van der Waals surface area contributed by atoms with Gasteiger partial charge in [-0.2, -0.15) is 0 Å². The molecule has 0 amide bonds. The zero-order valence-electron chi connectivity index (χ0n) is 20.8. The Balaban J connectivity index is 1.23. The summed E-state index contributed by atoms with van der Waals surface area (Å²) < 4.78 is 22.8. The minimum Gasteiger partial charge on any atom is -0.497 e. The van der Waals surface area contributed by atoms with Gasteiger partial charge < -0.3 is 23.8 Å². The molecule has 0 saturated carbocycles. The molecule has 1 unspecified atom stereocenters. The van der Waals surface area contributed by atoms with Gasteiger partial charge in [-0.15, -0.1) is 0 Å². The highest BCUT2D eigenvalue weighted by atomic mass is 16.7.